The largest absolute Gasteiger partial charge is 0.369 e. The molecule has 1 amide bonds. The van der Waals surface area contributed by atoms with Crippen molar-refractivity contribution in [1.29, 1.82) is 0 Å². The molecule has 4 rings (SSSR count). The number of nitrogen functional groups attached to an aromatic ring is 1. The number of hydrogen-bond donors (Lipinski definition) is 2. The van der Waals surface area contributed by atoms with Crippen LogP contribution < -0.4 is 11.1 Å². The molecule has 0 spiro atoms. The number of hydrogen-bond acceptors (Lipinski definition) is 5. The van der Waals surface area contributed by atoms with E-state index in [1.165, 1.54) is 30.4 Å². The number of unbranched alkanes of at least 4 members (excludes halogenated alkanes) is 4. The number of anilines is 1. The number of aromatic nitrogens is 5. The Morgan fingerprint density at radius 3 is 2.33 bits per heavy atom. The van der Waals surface area contributed by atoms with Crippen molar-refractivity contribution in [3.05, 3.63) is 95.1 Å². The van der Waals surface area contributed by atoms with E-state index in [4.69, 9.17) is 5.73 Å². The van der Waals surface area contributed by atoms with Gasteiger partial charge in [-0.2, -0.15) is 0 Å². The molecule has 0 aliphatic carbocycles. The normalized spacial score (nSPS) is 10.8. The summed E-state index contributed by atoms with van der Waals surface area (Å²) in [5, 5.41) is 11.5. The first-order valence-corrected chi connectivity index (χ1v) is 14.2. The fourth-order valence-corrected chi connectivity index (χ4v) is 4.65. The van der Waals surface area contributed by atoms with E-state index in [2.05, 4.69) is 58.0 Å². The summed E-state index contributed by atoms with van der Waals surface area (Å²) in [6, 6.07) is 18.2. The van der Waals surface area contributed by atoms with E-state index in [9.17, 15) is 4.79 Å². The van der Waals surface area contributed by atoms with Crippen LogP contribution in [0, 0.1) is 0 Å². The fraction of sp³-hybridized carbons (Fsp3) is 0.419. The Hall–Kier alpha value is -3.65. The van der Waals surface area contributed by atoms with Gasteiger partial charge >= 0.3 is 0 Å². The average molecular weight is 564 g/mol. The third-order valence-corrected chi connectivity index (χ3v) is 6.92. The quantitative estimate of drug-likeness (QED) is 0.172. The predicted molar refractivity (Wildman–Crippen MR) is 163 cm³/mol. The Kier molecular flexibility index (Phi) is 12.7. The highest BCUT2D eigenvalue weighted by Gasteiger charge is 2.08. The second kappa shape index (κ2) is 16.5. The zero-order valence-electron chi connectivity index (χ0n) is 23.5. The first kappa shape index (κ1) is 30.9. The van der Waals surface area contributed by atoms with Crippen LogP contribution in [0.4, 0.5) is 5.95 Å². The summed E-state index contributed by atoms with van der Waals surface area (Å²) in [6.07, 6.45) is 13.8. The van der Waals surface area contributed by atoms with Gasteiger partial charge in [0.15, 0.2) is 0 Å². The van der Waals surface area contributed by atoms with Gasteiger partial charge in [0.2, 0.25) is 5.95 Å². The zero-order valence-corrected chi connectivity index (χ0v) is 24.3. The molecule has 2 heterocycles. The van der Waals surface area contributed by atoms with Crippen molar-refractivity contribution in [3.8, 4) is 0 Å². The molecule has 0 radical (unpaired) electrons. The monoisotopic (exact) mass is 563 g/mol. The van der Waals surface area contributed by atoms with Crippen LogP contribution in [0.5, 0.6) is 0 Å². The van der Waals surface area contributed by atoms with Crippen LogP contribution in [-0.2, 0) is 32.4 Å². The zero-order chi connectivity index (χ0) is 27.3. The molecule has 0 bridgehead atoms. The van der Waals surface area contributed by atoms with Gasteiger partial charge in [0.1, 0.15) is 0 Å². The molecule has 0 fully saturated rings. The number of aryl methyl sites for hydroxylation is 3. The lowest BCUT2D eigenvalue weighted by molar-refractivity contribution is 0.0952. The molecule has 40 heavy (non-hydrogen) atoms. The van der Waals surface area contributed by atoms with E-state index in [1.807, 2.05) is 41.1 Å². The van der Waals surface area contributed by atoms with Crippen molar-refractivity contribution >= 4 is 24.3 Å². The van der Waals surface area contributed by atoms with Gasteiger partial charge in [-0.1, -0.05) is 73.9 Å². The molecule has 8 nitrogen and oxygen atoms in total. The lowest BCUT2D eigenvalue weighted by Crippen LogP contribution is -2.27. The van der Waals surface area contributed by atoms with Gasteiger partial charge in [-0.3, -0.25) is 9.48 Å². The molecule has 0 saturated carbocycles. The Bertz CT molecular complexity index is 1280. The van der Waals surface area contributed by atoms with E-state index in [0.29, 0.717) is 24.6 Å². The fourth-order valence-electron chi connectivity index (χ4n) is 4.65. The molecule has 214 valence electrons. The van der Waals surface area contributed by atoms with Crippen LogP contribution in [-0.4, -0.2) is 37.0 Å². The summed E-state index contributed by atoms with van der Waals surface area (Å²) < 4.78 is 3.81. The summed E-state index contributed by atoms with van der Waals surface area (Å²) in [4.78, 5) is 17.0. The van der Waals surface area contributed by atoms with Crippen molar-refractivity contribution in [3.63, 3.8) is 0 Å². The number of halogens is 1. The van der Waals surface area contributed by atoms with Crippen molar-refractivity contribution in [2.24, 2.45) is 0 Å². The molecule has 0 aliphatic heterocycles. The van der Waals surface area contributed by atoms with Gasteiger partial charge < -0.3 is 15.6 Å². The smallest absolute Gasteiger partial charge is 0.251 e. The standard InChI is InChI=1S/C31H41N7O.ClH/c1-2-3-6-11-25-16-18-27(19-17-25)30(39)33-20-21-38-24-29(35-36-38)15-10-5-9-14-28-23-37(31(32)34-28)22-26-12-7-4-8-13-26;/h4,7-8,12-13,16-19,23-24H,2-3,5-6,9-11,14-15,20-22H2,1H3,(H2,32,34)(H,33,39);1H. The van der Waals surface area contributed by atoms with Crippen molar-refractivity contribution in [2.45, 2.75) is 77.8 Å². The second-order valence-corrected chi connectivity index (χ2v) is 10.1. The highest BCUT2D eigenvalue weighted by molar-refractivity contribution is 5.94. The van der Waals surface area contributed by atoms with Crippen LogP contribution in [0.2, 0.25) is 0 Å². The number of rotatable bonds is 16. The predicted octanol–water partition coefficient (Wildman–Crippen LogP) is 5.65. The maximum absolute atomic E-state index is 12.5. The van der Waals surface area contributed by atoms with Crippen molar-refractivity contribution in [1.82, 2.24) is 29.9 Å². The number of nitrogens with two attached hydrogens (primary N) is 1. The molecule has 0 atom stereocenters. The molecule has 3 N–H and O–H groups in total. The number of amides is 1. The lowest BCUT2D eigenvalue weighted by atomic mass is 10.1. The van der Waals surface area contributed by atoms with Crippen molar-refractivity contribution in [2.75, 3.05) is 12.3 Å². The molecular weight excluding hydrogens is 522 g/mol. The average Bonchev–Trinajstić information content (AvgIpc) is 3.55. The second-order valence-electron chi connectivity index (χ2n) is 10.1. The molecular formula is C31H42ClN7O. The van der Waals surface area contributed by atoms with E-state index >= 15 is 0 Å². The first-order valence-electron chi connectivity index (χ1n) is 14.2. The minimum atomic E-state index is -0.0536. The number of carbonyl (C=O) groups excluding carboxylic acids is 1. The number of nitrogens with one attached hydrogen (secondary N) is 1. The van der Waals surface area contributed by atoms with Gasteiger partial charge in [0.25, 0.3) is 5.91 Å². The van der Waals surface area contributed by atoms with Crippen LogP contribution in [0.1, 0.15) is 78.3 Å². The van der Waals surface area contributed by atoms with Gasteiger partial charge in [0, 0.05) is 24.5 Å². The van der Waals surface area contributed by atoms with Gasteiger partial charge in [0.05, 0.1) is 24.5 Å². The van der Waals surface area contributed by atoms with Crippen LogP contribution in [0.25, 0.3) is 0 Å². The maximum Gasteiger partial charge on any atom is 0.251 e. The topological polar surface area (TPSA) is 104 Å². The Morgan fingerprint density at radius 1 is 0.850 bits per heavy atom. The number of carbonyl (C=O) groups is 1. The molecule has 4 aromatic rings. The third-order valence-electron chi connectivity index (χ3n) is 6.92. The number of benzene rings is 2. The van der Waals surface area contributed by atoms with E-state index in [0.717, 1.165) is 56.5 Å². The first-order chi connectivity index (χ1) is 19.1. The van der Waals surface area contributed by atoms with Gasteiger partial charge in [-0.25, -0.2) is 4.98 Å². The SMILES string of the molecule is CCCCCc1ccc(C(=O)NCCn2cc(CCCCCc3cn(Cc4ccccc4)c(N)n3)nn2)cc1.Cl. The third kappa shape index (κ3) is 9.83. The highest BCUT2D eigenvalue weighted by Crippen LogP contribution is 2.13. The molecule has 9 heteroatoms. The summed E-state index contributed by atoms with van der Waals surface area (Å²) in [6.45, 7) is 4.06. The summed E-state index contributed by atoms with van der Waals surface area (Å²) in [7, 11) is 0. The summed E-state index contributed by atoms with van der Waals surface area (Å²) in [5.74, 6) is 0.513. The molecule has 0 aliphatic rings. The number of imidazole rings is 1. The Labute approximate surface area is 243 Å². The maximum atomic E-state index is 12.5. The minimum Gasteiger partial charge on any atom is -0.369 e. The summed E-state index contributed by atoms with van der Waals surface area (Å²) >= 11 is 0. The highest BCUT2D eigenvalue weighted by atomic mass is 35.5. The lowest BCUT2D eigenvalue weighted by Gasteiger charge is -2.06. The Morgan fingerprint density at radius 2 is 1.57 bits per heavy atom. The van der Waals surface area contributed by atoms with Crippen LogP contribution >= 0.6 is 12.4 Å². The molecule has 2 aromatic heterocycles. The van der Waals surface area contributed by atoms with Gasteiger partial charge in [-0.05, 0) is 61.8 Å². The molecule has 0 unspecified atom stereocenters. The minimum absolute atomic E-state index is 0. The van der Waals surface area contributed by atoms with Gasteiger partial charge in [-0.15, -0.1) is 17.5 Å². The van der Waals surface area contributed by atoms with Crippen molar-refractivity contribution < 1.29 is 4.79 Å². The summed E-state index contributed by atoms with van der Waals surface area (Å²) in [5.41, 5.74) is 11.3. The number of nitrogens with zero attached hydrogens (tertiary/aromatic N) is 5. The van der Waals surface area contributed by atoms with E-state index in [1.54, 1.807) is 4.68 Å². The molecule has 0 saturated heterocycles. The molecule has 2 aromatic carbocycles. The van der Waals surface area contributed by atoms with Crippen LogP contribution in [0.15, 0.2) is 67.0 Å². The van der Waals surface area contributed by atoms with Crippen LogP contribution in [0.3, 0.4) is 0 Å². The van der Waals surface area contributed by atoms with E-state index < -0.39 is 0 Å². The van der Waals surface area contributed by atoms with E-state index in [-0.39, 0.29) is 18.3 Å². The Balaban J connectivity index is 0.00000441.